The Hall–Kier alpha value is -5.42. The molecule has 1 amide bonds. The van der Waals surface area contributed by atoms with Crippen molar-refractivity contribution < 1.29 is 28.6 Å². The van der Waals surface area contributed by atoms with Gasteiger partial charge in [0.25, 0.3) is 5.91 Å². The van der Waals surface area contributed by atoms with Crippen molar-refractivity contribution in [3.05, 3.63) is 119 Å². The van der Waals surface area contributed by atoms with E-state index in [1.807, 2.05) is 44.2 Å². The summed E-state index contributed by atoms with van der Waals surface area (Å²) in [6, 6.07) is 22.9. The molecule has 1 N–H and O–H groups in total. The molecule has 44 heavy (non-hydrogen) atoms. The van der Waals surface area contributed by atoms with Crippen LogP contribution in [0.25, 0.3) is 11.2 Å². The maximum Gasteiger partial charge on any atom is 0.338 e. The van der Waals surface area contributed by atoms with Crippen LogP contribution < -0.4 is 5.32 Å². The van der Waals surface area contributed by atoms with Gasteiger partial charge in [-0.2, -0.15) is 0 Å². The number of aromatic nitrogens is 4. The van der Waals surface area contributed by atoms with Crippen molar-refractivity contribution in [3.8, 4) is 0 Å². The molecular formula is C33H29N5O6. The number of carbonyl (C=O) groups excluding carboxylic acids is 3. The van der Waals surface area contributed by atoms with E-state index >= 15 is 0 Å². The van der Waals surface area contributed by atoms with Gasteiger partial charge in [-0.15, -0.1) is 0 Å². The Morgan fingerprint density at radius 1 is 0.841 bits per heavy atom. The molecule has 2 aromatic heterocycles. The second kappa shape index (κ2) is 12.4. The molecule has 0 aliphatic carbocycles. The molecule has 0 spiro atoms. The fourth-order valence-electron chi connectivity index (χ4n) is 4.89. The predicted molar refractivity (Wildman–Crippen MR) is 160 cm³/mol. The van der Waals surface area contributed by atoms with Crippen LogP contribution in [0, 0.1) is 13.8 Å². The Labute approximate surface area is 252 Å². The highest BCUT2D eigenvalue weighted by Crippen LogP contribution is 2.34. The first-order chi connectivity index (χ1) is 21.4. The average Bonchev–Trinajstić information content (AvgIpc) is 3.65. The predicted octanol–water partition coefficient (Wildman–Crippen LogP) is 5.07. The van der Waals surface area contributed by atoms with E-state index < -0.39 is 30.4 Å². The van der Waals surface area contributed by atoms with Crippen molar-refractivity contribution in [1.29, 1.82) is 0 Å². The van der Waals surface area contributed by atoms with Gasteiger partial charge < -0.3 is 19.5 Å². The molecule has 3 aromatic carbocycles. The van der Waals surface area contributed by atoms with Crippen LogP contribution in [0.2, 0.25) is 0 Å². The third kappa shape index (κ3) is 6.18. The number of aryl methyl sites for hydroxylation is 2. The van der Waals surface area contributed by atoms with Gasteiger partial charge in [0, 0.05) is 12.0 Å². The molecule has 0 saturated carbocycles. The monoisotopic (exact) mass is 591 g/mol. The first kappa shape index (κ1) is 28.7. The Bertz CT molecular complexity index is 1800. The molecule has 1 aliphatic heterocycles. The highest BCUT2D eigenvalue weighted by Gasteiger charge is 2.41. The van der Waals surface area contributed by atoms with E-state index in [1.165, 1.54) is 12.7 Å². The number of ether oxygens (including phenoxy) is 3. The summed E-state index contributed by atoms with van der Waals surface area (Å²) in [5.41, 5.74) is 4.08. The third-order valence-corrected chi connectivity index (χ3v) is 7.33. The number of imidazole rings is 1. The lowest BCUT2D eigenvalue weighted by Crippen LogP contribution is -2.32. The SMILES string of the molecule is Cc1ccc(C(=O)OC[C@H]2O[C@H](n3cnc4c(NC(=O)c5ccccc5)ncnc43)C[C@@H]2OC(=O)c2ccc(C)cc2)cc1. The summed E-state index contributed by atoms with van der Waals surface area (Å²) in [6.07, 6.45) is 0.932. The summed E-state index contributed by atoms with van der Waals surface area (Å²) in [5, 5.41) is 2.79. The van der Waals surface area contributed by atoms with Crippen molar-refractivity contribution in [2.45, 2.75) is 38.7 Å². The summed E-state index contributed by atoms with van der Waals surface area (Å²) in [6.45, 7) is 3.72. The van der Waals surface area contributed by atoms with E-state index in [2.05, 4.69) is 20.3 Å². The number of benzene rings is 3. The fraction of sp³-hybridized carbons (Fsp3) is 0.212. The van der Waals surface area contributed by atoms with Crippen LogP contribution in [0.3, 0.4) is 0 Å². The number of rotatable bonds is 8. The number of anilines is 1. The van der Waals surface area contributed by atoms with Gasteiger partial charge in [0.2, 0.25) is 0 Å². The second-order valence-electron chi connectivity index (χ2n) is 10.5. The largest absolute Gasteiger partial charge is 0.459 e. The summed E-state index contributed by atoms with van der Waals surface area (Å²) >= 11 is 0. The Kier molecular flexibility index (Phi) is 8.11. The maximum atomic E-state index is 13.1. The minimum Gasteiger partial charge on any atom is -0.459 e. The molecule has 1 saturated heterocycles. The topological polar surface area (TPSA) is 135 Å². The molecule has 3 atom stereocenters. The van der Waals surface area contributed by atoms with Crippen molar-refractivity contribution in [2.24, 2.45) is 0 Å². The summed E-state index contributed by atoms with van der Waals surface area (Å²) in [4.78, 5) is 51.6. The average molecular weight is 592 g/mol. The van der Waals surface area contributed by atoms with E-state index in [0.717, 1.165) is 11.1 Å². The molecule has 11 heteroatoms. The fourth-order valence-corrected chi connectivity index (χ4v) is 4.89. The molecule has 0 bridgehead atoms. The van der Waals surface area contributed by atoms with Gasteiger partial charge in [-0.05, 0) is 50.2 Å². The zero-order valence-corrected chi connectivity index (χ0v) is 24.0. The molecule has 3 heterocycles. The van der Waals surface area contributed by atoms with E-state index in [1.54, 1.807) is 53.1 Å². The van der Waals surface area contributed by atoms with Crippen molar-refractivity contribution in [3.63, 3.8) is 0 Å². The normalized spacial score (nSPS) is 17.7. The van der Waals surface area contributed by atoms with Gasteiger partial charge in [-0.25, -0.2) is 24.5 Å². The van der Waals surface area contributed by atoms with Gasteiger partial charge in [0.1, 0.15) is 31.4 Å². The zero-order chi connectivity index (χ0) is 30.6. The van der Waals surface area contributed by atoms with Gasteiger partial charge in [-0.1, -0.05) is 53.6 Å². The van der Waals surface area contributed by atoms with Crippen molar-refractivity contribution in [2.75, 3.05) is 11.9 Å². The summed E-state index contributed by atoms with van der Waals surface area (Å²) < 4.78 is 19.5. The number of nitrogens with zero attached hydrogens (tertiary/aromatic N) is 4. The van der Waals surface area contributed by atoms with Gasteiger partial charge in [0.15, 0.2) is 17.0 Å². The molecule has 1 aliphatic rings. The first-order valence-electron chi connectivity index (χ1n) is 14.1. The molecular weight excluding hydrogens is 562 g/mol. The number of hydrogen-bond donors (Lipinski definition) is 1. The van der Waals surface area contributed by atoms with Gasteiger partial charge in [0.05, 0.1) is 17.5 Å². The van der Waals surface area contributed by atoms with Gasteiger partial charge in [-0.3, -0.25) is 9.36 Å². The molecule has 222 valence electrons. The molecule has 0 unspecified atom stereocenters. The summed E-state index contributed by atoms with van der Waals surface area (Å²) in [5.74, 6) is -1.12. The van der Waals surface area contributed by atoms with E-state index in [9.17, 15) is 14.4 Å². The lowest BCUT2D eigenvalue weighted by atomic mass is 10.1. The first-order valence-corrected chi connectivity index (χ1v) is 14.1. The highest BCUT2D eigenvalue weighted by molar-refractivity contribution is 6.06. The highest BCUT2D eigenvalue weighted by atomic mass is 16.6. The standard InChI is InChI=1S/C33H29N5O6/c1-20-8-12-23(13-9-20)32(40)42-17-26-25(44-33(41)24-14-10-21(2)11-15-24)16-27(43-26)38-19-36-28-29(34-18-35-30(28)38)37-31(39)22-6-4-3-5-7-22/h3-15,18-19,25-27H,16-17H2,1-2H3,(H,34,35,37,39)/t25-,26+,27-/m0/s1. The van der Waals surface area contributed by atoms with Crippen LogP contribution in [0.1, 0.15) is 54.8 Å². The van der Waals surface area contributed by atoms with Crippen LogP contribution in [0.15, 0.2) is 91.5 Å². The Balaban J connectivity index is 1.23. The van der Waals surface area contributed by atoms with E-state index in [4.69, 9.17) is 14.2 Å². The third-order valence-electron chi connectivity index (χ3n) is 7.33. The van der Waals surface area contributed by atoms with E-state index in [0.29, 0.717) is 27.9 Å². The molecule has 6 rings (SSSR count). The Morgan fingerprint density at radius 3 is 2.18 bits per heavy atom. The number of carbonyl (C=O) groups is 3. The number of amides is 1. The lowest BCUT2D eigenvalue weighted by Gasteiger charge is -2.19. The van der Waals surface area contributed by atoms with Crippen LogP contribution in [-0.2, 0) is 14.2 Å². The molecule has 0 radical (unpaired) electrons. The second-order valence-corrected chi connectivity index (χ2v) is 10.5. The Morgan fingerprint density at radius 2 is 1.50 bits per heavy atom. The van der Waals surface area contributed by atoms with Crippen LogP contribution in [-0.4, -0.2) is 56.2 Å². The maximum absolute atomic E-state index is 13.1. The molecule has 11 nitrogen and oxygen atoms in total. The lowest BCUT2D eigenvalue weighted by molar-refractivity contribution is -0.0563. The zero-order valence-electron chi connectivity index (χ0n) is 24.0. The number of esters is 2. The number of hydrogen-bond acceptors (Lipinski definition) is 9. The number of nitrogens with one attached hydrogen (secondary N) is 1. The molecule has 5 aromatic rings. The van der Waals surface area contributed by atoms with Crippen molar-refractivity contribution >= 4 is 34.8 Å². The minimum atomic E-state index is -0.764. The van der Waals surface area contributed by atoms with Crippen LogP contribution in [0.4, 0.5) is 5.82 Å². The summed E-state index contributed by atoms with van der Waals surface area (Å²) in [7, 11) is 0. The van der Waals surface area contributed by atoms with Crippen molar-refractivity contribution in [1.82, 2.24) is 19.5 Å². The molecule has 1 fully saturated rings. The minimum absolute atomic E-state index is 0.144. The smallest absolute Gasteiger partial charge is 0.338 e. The van der Waals surface area contributed by atoms with Crippen LogP contribution >= 0.6 is 0 Å². The van der Waals surface area contributed by atoms with Gasteiger partial charge >= 0.3 is 11.9 Å². The quantitative estimate of drug-likeness (QED) is 0.246. The van der Waals surface area contributed by atoms with Crippen LogP contribution in [0.5, 0.6) is 0 Å². The van der Waals surface area contributed by atoms with E-state index in [-0.39, 0.29) is 24.8 Å². The number of fused-ring (bicyclic) bond motifs is 1.